The lowest BCUT2D eigenvalue weighted by molar-refractivity contribution is -0.138. The van der Waals surface area contributed by atoms with E-state index in [9.17, 15) is 26.4 Å². The largest absolute Gasteiger partial charge is 0.444 e. The number of fused-ring (bicyclic) bond motifs is 1. The van der Waals surface area contributed by atoms with E-state index in [4.69, 9.17) is 4.74 Å². The van der Waals surface area contributed by atoms with Gasteiger partial charge in [-0.05, 0) is 37.1 Å². The molecule has 0 radical (unpaired) electrons. The van der Waals surface area contributed by atoms with Crippen LogP contribution < -0.4 is 4.90 Å². The SMILES string of the molecule is O=C1OCc2ccccc2N1C1CCN(S(=O)(=O)c2ccc(Br)c(C(F)(F)F)c2)CC1. The summed E-state index contributed by atoms with van der Waals surface area (Å²) >= 11 is 2.82. The number of anilines is 1. The fraction of sp³-hybridized carbons (Fsp3) is 0.350. The zero-order valence-corrected chi connectivity index (χ0v) is 18.5. The second-order valence-corrected chi connectivity index (χ2v) is 10.1. The first kappa shape index (κ1) is 22.1. The topological polar surface area (TPSA) is 66.9 Å². The van der Waals surface area contributed by atoms with Crippen LogP contribution in [0.15, 0.2) is 51.8 Å². The summed E-state index contributed by atoms with van der Waals surface area (Å²) in [6.45, 7) is 0.344. The minimum absolute atomic E-state index is 0.0797. The van der Waals surface area contributed by atoms with E-state index >= 15 is 0 Å². The van der Waals surface area contributed by atoms with Crippen molar-refractivity contribution in [3.63, 3.8) is 0 Å². The minimum Gasteiger partial charge on any atom is -0.444 e. The number of rotatable bonds is 3. The number of cyclic esters (lactones) is 1. The van der Waals surface area contributed by atoms with Gasteiger partial charge in [-0.2, -0.15) is 17.5 Å². The van der Waals surface area contributed by atoms with Crippen molar-refractivity contribution in [2.45, 2.75) is 36.6 Å². The molecule has 2 aromatic carbocycles. The number of alkyl halides is 3. The average Bonchev–Trinajstić information content (AvgIpc) is 2.73. The van der Waals surface area contributed by atoms with Crippen LogP contribution in [-0.4, -0.2) is 37.9 Å². The Morgan fingerprint density at radius 1 is 1.06 bits per heavy atom. The van der Waals surface area contributed by atoms with E-state index in [1.54, 1.807) is 4.90 Å². The smallest absolute Gasteiger partial charge is 0.417 e. The van der Waals surface area contributed by atoms with E-state index in [0.29, 0.717) is 18.9 Å². The Bertz CT molecular complexity index is 1120. The maximum Gasteiger partial charge on any atom is 0.417 e. The van der Waals surface area contributed by atoms with E-state index in [1.807, 2.05) is 24.3 Å². The van der Waals surface area contributed by atoms with Crippen LogP contribution in [-0.2, 0) is 27.5 Å². The van der Waals surface area contributed by atoms with Crippen LogP contribution in [0.1, 0.15) is 24.0 Å². The van der Waals surface area contributed by atoms with Crippen LogP contribution in [0.25, 0.3) is 0 Å². The Hall–Kier alpha value is -2.11. The van der Waals surface area contributed by atoms with Crippen molar-refractivity contribution in [1.82, 2.24) is 4.31 Å². The highest BCUT2D eigenvalue weighted by Gasteiger charge is 2.38. The fourth-order valence-electron chi connectivity index (χ4n) is 3.89. The number of para-hydroxylation sites is 1. The van der Waals surface area contributed by atoms with Gasteiger partial charge in [0.2, 0.25) is 10.0 Å². The van der Waals surface area contributed by atoms with Gasteiger partial charge in [0.15, 0.2) is 0 Å². The van der Waals surface area contributed by atoms with Gasteiger partial charge in [0.1, 0.15) is 6.61 Å². The molecule has 0 aromatic heterocycles. The third kappa shape index (κ3) is 4.18. The lowest BCUT2D eigenvalue weighted by Gasteiger charge is -2.39. The molecule has 11 heteroatoms. The molecule has 166 valence electrons. The Morgan fingerprint density at radius 2 is 1.74 bits per heavy atom. The summed E-state index contributed by atoms with van der Waals surface area (Å²) in [5.74, 6) is 0. The number of piperidine rings is 1. The minimum atomic E-state index is -4.68. The van der Waals surface area contributed by atoms with Gasteiger partial charge < -0.3 is 4.74 Å². The fourth-order valence-corrected chi connectivity index (χ4v) is 5.86. The summed E-state index contributed by atoms with van der Waals surface area (Å²) in [4.78, 5) is 13.5. The normalized spacial score (nSPS) is 18.6. The number of nitrogens with zero attached hydrogens (tertiary/aromatic N) is 2. The molecule has 0 aliphatic carbocycles. The van der Waals surface area contributed by atoms with Crippen molar-refractivity contribution < 1.29 is 31.1 Å². The number of amides is 1. The van der Waals surface area contributed by atoms with E-state index in [-0.39, 0.29) is 30.2 Å². The molecule has 0 atom stereocenters. The monoisotopic (exact) mass is 518 g/mol. The van der Waals surface area contributed by atoms with Gasteiger partial charge in [-0.3, -0.25) is 4.90 Å². The van der Waals surface area contributed by atoms with Crippen molar-refractivity contribution in [2.75, 3.05) is 18.0 Å². The first-order valence-corrected chi connectivity index (χ1v) is 11.7. The van der Waals surface area contributed by atoms with Crippen LogP contribution >= 0.6 is 15.9 Å². The third-order valence-electron chi connectivity index (χ3n) is 5.47. The summed E-state index contributed by atoms with van der Waals surface area (Å²) in [6, 6.07) is 9.95. The van der Waals surface area contributed by atoms with E-state index in [0.717, 1.165) is 27.7 Å². The average molecular weight is 519 g/mol. The predicted octanol–water partition coefficient (Wildman–Crippen LogP) is 4.78. The summed E-state index contributed by atoms with van der Waals surface area (Å²) in [5.41, 5.74) is 0.561. The lowest BCUT2D eigenvalue weighted by atomic mass is 10.0. The highest BCUT2D eigenvalue weighted by atomic mass is 79.9. The van der Waals surface area contributed by atoms with Crippen molar-refractivity contribution in [3.05, 3.63) is 58.1 Å². The molecule has 2 aromatic rings. The standard InChI is InChI=1S/C20H18BrF3N2O4S/c21-17-6-5-15(11-16(17)20(22,23)24)31(28,29)25-9-7-14(8-10-25)26-18-4-2-1-3-13(18)12-30-19(26)27/h1-6,11,14H,7-10,12H2. The zero-order valence-electron chi connectivity index (χ0n) is 16.1. The van der Waals surface area contributed by atoms with Gasteiger partial charge in [0.25, 0.3) is 0 Å². The van der Waals surface area contributed by atoms with Gasteiger partial charge in [0, 0.05) is 29.2 Å². The van der Waals surface area contributed by atoms with Crippen molar-refractivity contribution >= 4 is 37.7 Å². The molecule has 1 saturated heterocycles. The van der Waals surface area contributed by atoms with Gasteiger partial charge in [-0.1, -0.05) is 34.1 Å². The molecule has 0 unspecified atom stereocenters. The second-order valence-electron chi connectivity index (χ2n) is 7.33. The number of hydrogen-bond acceptors (Lipinski definition) is 4. The first-order chi connectivity index (χ1) is 14.6. The maximum atomic E-state index is 13.2. The molecular weight excluding hydrogens is 501 g/mol. The maximum absolute atomic E-state index is 13.2. The molecule has 0 N–H and O–H groups in total. The van der Waals surface area contributed by atoms with E-state index < -0.39 is 32.8 Å². The molecule has 0 bridgehead atoms. The van der Waals surface area contributed by atoms with Crippen molar-refractivity contribution in [2.24, 2.45) is 0 Å². The molecular formula is C20H18BrF3N2O4S. The highest BCUT2D eigenvalue weighted by molar-refractivity contribution is 9.10. The number of ether oxygens (including phenoxy) is 1. The Kier molecular flexibility index (Phi) is 5.78. The Balaban J connectivity index is 1.54. The summed E-state index contributed by atoms with van der Waals surface area (Å²) in [5, 5.41) is 0. The third-order valence-corrected chi connectivity index (χ3v) is 8.05. The Labute approximate surface area is 185 Å². The zero-order chi connectivity index (χ0) is 22.4. The molecule has 6 nitrogen and oxygen atoms in total. The Morgan fingerprint density at radius 3 is 2.42 bits per heavy atom. The van der Waals surface area contributed by atoms with Gasteiger partial charge in [0.05, 0.1) is 16.1 Å². The lowest BCUT2D eigenvalue weighted by Crippen LogP contribution is -2.50. The molecule has 0 saturated carbocycles. The van der Waals surface area contributed by atoms with Gasteiger partial charge in [-0.25, -0.2) is 13.2 Å². The van der Waals surface area contributed by atoms with Gasteiger partial charge >= 0.3 is 12.3 Å². The molecule has 1 amide bonds. The molecule has 0 spiro atoms. The molecule has 31 heavy (non-hydrogen) atoms. The molecule has 4 rings (SSSR count). The van der Waals surface area contributed by atoms with E-state index in [1.165, 1.54) is 0 Å². The summed E-state index contributed by atoms with van der Waals surface area (Å²) < 4.78 is 71.7. The first-order valence-electron chi connectivity index (χ1n) is 9.50. The van der Waals surface area contributed by atoms with Crippen molar-refractivity contribution in [3.8, 4) is 0 Å². The number of hydrogen-bond donors (Lipinski definition) is 0. The number of halogens is 4. The molecule has 2 aliphatic rings. The molecule has 1 fully saturated rings. The van der Waals surface area contributed by atoms with Crippen LogP contribution in [0, 0.1) is 0 Å². The number of sulfonamides is 1. The molecule has 2 heterocycles. The van der Waals surface area contributed by atoms with Crippen molar-refractivity contribution in [1.29, 1.82) is 0 Å². The van der Waals surface area contributed by atoms with E-state index in [2.05, 4.69) is 15.9 Å². The van der Waals surface area contributed by atoms with Crippen LogP contribution in [0.4, 0.5) is 23.7 Å². The molecule has 2 aliphatic heterocycles. The quantitative estimate of drug-likeness (QED) is 0.586. The van der Waals surface area contributed by atoms with Crippen LogP contribution in [0.5, 0.6) is 0 Å². The highest BCUT2D eigenvalue weighted by Crippen LogP contribution is 2.37. The summed E-state index contributed by atoms with van der Waals surface area (Å²) in [7, 11) is -4.11. The van der Waals surface area contributed by atoms with Gasteiger partial charge in [-0.15, -0.1) is 0 Å². The van der Waals surface area contributed by atoms with Crippen LogP contribution in [0.3, 0.4) is 0 Å². The predicted molar refractivity (Wildman–Crippen MR) is 110 cm³/mol. The number of carbonyl (C=O) groups is 1. The van der Waals surface area contributed by atoms with Crippen LogP contribution in [0.2, 0.25) is 0 Å². The number of carbonyl (C=O) groups excluding carboxylic acids is 1. The second kappa shape index (κ2) is 8.10. The number of benzene rings is 2. The summed E-state index contributed by atoms with van der Waals surface area (Å²) in [6.07, 6.45) is -4.49.